The third-order valence-corrected chi connectivity index (χ3v) is 3.25. The zero-order chi connectivity index (χ0) is 16.7. The number of carbonyl (C=O) groups excluding carboxylic acids is 2. The van der Waals surface area contributed by atoms with E-state index in [1.807, 2.05) is 56.3 Å². The molecule has 0 aliphatic rings. The van der Waals surface area contributed by atoms with Crippen molar-refractivity contribution in [2.75, 3.05) is 11.9 Å². The number of hydrogen-bond acceptors (Lipinski definition) is 3. The number of hydrogen-bond donors (Lipinski definition) is 1. The molecule has 0 aromatic heterocycles. The molecule has 0 aliphatic carbocycles. The summed E-state index contributed by atoms with van der Waals surface area (Å²) in [4.78, 5) is 23.4. The largest absolute Gasteiger partial charge is 0.452 e. The predicted molar refractivity (Wildman–Crippen MR) is 91.0 cm³/mol. The first-order chi connectivity index (χ1) is 11.0. The van der Waals surface area contributed by atoms with E-state index in [0.29, 0.717) is 5.69 Å². The van der Waals surface area contributed by atoms with Gasteiger partial charge in [0.05, 0.1) is 0 Å². The van der Waals surface area contributed by atoms with E-state index in [2.05, 4.69) is 5.32 Å². The molecule has 0 bridgehead atoms. The highest BCUT2D eigenvalue weighted by atomic mass is 16.5. The molecule has 0 saturated carbocycles. The summed E-state index contributed by atoms with van der Waals surface area (Å²) in [5, 5.41) is 2.71. The Morgan fingerprint density at radius 1 is 1.04 bits per heavy atom. The van der Waals surface area contributed by atoms with Crippen LogP contribution in [-0.4, -0.2) is 18.5 Å². The van der Waals surface area contributed by atoms with Crippen molar-refractivity contribution in [1.82, 2.24) is 0 Å². The summed E-state index contributed by atoms with van der Waals surface area (Å²) in [5.41, 5.74) is 3.71. The summed E-state index contributed by atoms with van der Waals surface area (Å²) in [6.07, 6.45) is 2.97. The van der Waals surface area contributed by atoms with Gasteiger partial charge in [-0.2, -0.15) is 0 Å². The summed E-state index contributed by atoms with van der Waals surface area (Å²) < 4.78 is 4.92. The van der Waals surface area contributed by atoms with Crippen molar-refractivity contribution in [3.05, 3.63) is 71.3 Å². The molecule has 118 valence electrons. The van der Waals surface area contributed by atoms with E-state index in [-0.39, 0.29) is 12.5 Å². The molecule has 2 aromatic rings. The molecule has 0 heterocycles. The lowest BCUT2D eigenvalue weighted by Crippen LogP contribution is -2.20. The molecule has 0 atom stereocenters. The Balaban J connectivity index is 1.81. The first-order valence-corrected chi connectivity index (χ1v) is 7.31. The van der Waals surface area contributed by atoms with Crippen LogP contribution in [0.15, 0.2) is 54.6 Å². The summed E-state index contributed by atoms with van der Waals surface area (Å²) in [7, 11) is 0. The van der Waals surface area contributed by atoms with Gasteiger partial charge in [-0.15, -0.1) is 0 Å². The van der Waals surface area contributed by atoms with E-state index in [0.717, 1.165) is 16.7 Å². The smallest absolute Gasteiger partial charge is 0.331 e. The Labute approximate surface area is 135 Å². The minimum atomic E-state index is -0.550. The summed E-state index contributed by atoms with van der Waals surface area (Å²) >= 11 is 0. The van der Waals surface area contributed by atoms with E-state index in [4.69, 9.17) is 4.74 Å². The van der Waals surface area contributed by atoms with Gasteiger partial charge in [0.1, 0.15) is 0 Å². The number of ether oxygens (including phenoxy) is 1. The average Bonchev–Trinajstić information content (AvgIpc) is 2.54. The molecule has 0 radical (unpaired) electrons. The van der Waals surface area contributed by atoms with E-state index in [1.165, 1.54) is 6.08 Å². The third-order valence-electron chi connectivity index (χ3n) is 3.25. The number of carbonyl (C=O) groups is 2. The number of aryl methyl sites for hydroxylation is 2. The van der Waals surface area contributed by atoms with Crippen molar-refractivity contribution in [1.29, 1.82) is 0 Å². The molecule has 4 nitrogen and oxygen atoms in total. The predicted octanol–water partition coefficient (Wildman–Crippen LogP) is 3.50. The van der Waals surface area contributed by atoms with Crippen LogP contribution in [0.2, 0.25) is 0 Å². The van der Waals surface area contributed by atoms with Crippen LogP contribution in [0.4, 0.5) is 5.69 Å². The molecule has 23 heavy (non-hydrogen) atoms. The highest BCUT2D eigenvalue weighted by Crippen LogP contribution is 2.12. The van der Waals surface area contributed by atoms with E-state index in [9.17, 15) is 9.59 Å². The summed E-state index contributed by atoms with van der Waals surface area (Å²) in [6.45, 7) is 3.58. The number of para-hydroxylation sites is 1. The quantitative estimate of drug-likeness (QED) is 0.679. The normalized spacial score (nSPS) is 10.5. The fraction of sp³-hybridized carbons (Fsp3) is 0.158. The molecule has 0 spiro atoms. The lowest BCUT2D eigenvalue weighted by Gasteiger charge is -2.07. The Bertz CT molecular complexity index is 718. The van der Waals surface area contributed by atoms with Crippen molar-refractivity contribution in [2.45, 2.75) is 13.8 Å². The lowest BCUT2D eigenvalue weighted by molar-refractivity contribution is -0.142. The van der Waals surface area contributed by atoms with Crippen molar-refractivity contribution in [2.24, 2.45) is 0 Å². The average molecular weight is 309 g/mol. The maximum atomic E-state index is 11.8. The number of benzene rings is 2. The molecule has 0 aliphatic heterocycles. The highest BCUT2D eigenvalue weighted by molar-refractivity contribution is 5.95. The van der Waals surface area contributed by atoms with Crippen molar-refractivity contribution >= 4 is 23.6 Å². The second-order valence-corrected chi connectivity index (χ2v) is 5.21. The first-order valence-electron chi connectivity index (χ1n) is 7.31. The number of rotatable bonds is 5. The van der Waals surface area contributed by atoms with Crippen LogP contribution < -0.4 is 5.32 Å². The van der Waals surface area contributed by atoms with Gasteiger partial charge in [0.2, 0.25) is 0 Å². The number of nitrogens with one attached hydrogen (secondary N) is 1. The highest BCUT2D eigenvalue weighted by Gasteiger charge is 2.06. The van der Waals surface area contributed by atoms with Crippen LogP contribution in [0, 0.1) is 13.8 Å². The maximum absolute atomic E-state index is 11.8. The van der Waals surface area contributed by atoms with Crippen LogP contribution in [0.3, 0.4) is 0 Å². The van der Waals surface area contributed by atoms with Gasteiger partial charge in [-0.1, -0.05) is 48.0 Å². The van der Waals surface area contributed by atoms with Gasteiger partial charge in [-0.3, -0.25) is 4.79 Å². The van der Waals surface area contributed by atoms with Crippen LogP contribution in [0.25, 0.3) is 6.08 Å². The van der Waals surface area contributed by atoms with Gasteiger partial charge in [0.25, 0.3) is 5.91 Å². The zero-order valence-corrected chi connectivity index (χ0v) is 13.2. The molecule has 0 unspecified atom stereocenters. The molecule has 1 N–H and O–H groups in total. The molecule has 2 aromatic carbocycles. The molecular formula is C19H19NO3. The Kier molecular flexibility index (Phi) is 5.69. The van der Waals surface area contributed by atoms with Crippen molar-refractivity contribution < 1.29 is 14.3 Å². The van der Waals surface area contributed by atoms with Crippen LogP contribution >= 0.6 is 0 Å². The van der Waals surface area contributed by atoms with Gasteiger partial charge < -0.3 is 10.1 Å². The Morgan fingerprint density at radius 2 is 1.74 bits per heavy atom. The molecule has 2 rings (SSSR count). The second-order valence-electron chi connectivity index (χ2n) is 5.21. The number of anilines is 1. The number of amides is 1. The van der Waals surface area contributed by atoms with Crippen LogP contribution in [0.5, 0.6) is 0 Å². The molecule has 0 saturated heterocycles. The summed E-state index contributed by atoms with van der Waals surface area (Å²) in [6, 6.07) is 15.1. The second kappa shape index (κ2) is 7.94. The Morgan fingerprint density at radius 3 is 2.43 bits per heavy atom. The molecule has 0 fully saturated rings. The lowest BCUT2D eigenvalue weighted by atomic mass is 10.1. The monoisotopic (exact) mass is 309 g/mol. The maximum Gasteiger partial charge on any atom is 0.331 e. The minimum absolute atomic E-state index is 0.314. The third kappa shape index (κ3) is 5.43. The van der Waals surface area contributed by atoms with Crippen LogP contribution in [-0.2, 0) is 14.3 Å². The zero-order valence-electron chi connectivity index (χ0n) is 13.2. The van der Waals surface area contributed by atoms with Gasteiger partial charge in [-0.25, -0.2) is 4.79 Å². The van der Waals surface area contributed by atoms with E-state index in [1.54, 1.807) is 12.1 Å². The van der Waals surface area contributed by atoms with Gasteiger partial charge in [0, 0.05) is 11.8 Å². The van der Waals surface area contributed by atoms with Crippen molar-refractivity contribution in [3.8, 4) is 0 Å². The molecule has 1 amide bonds. The van der Waals surface area contributed by atoms with Gasteiger partial charge in [-0.05, 0) is 37.1 Å². The van der Waals surface area contributed by atoms with Crippen LogP contribution in [0.1, 0.15) is 16.7 Å². The molecule has 4 heteroatoms. The number of esters is 1. The fourth-order valence-electron chi connectivity index (χ4n) is 1.93. The minimum Gasteiger partial charge on any atom is -0.452 e. The summed E-state index contributed by atoms with van der Waals surface area (Å²) in [5.74, 6) is -0.915. The molecular weight excluding hydrogens is 290 g/mol. The van der Waals surface area contributed by atoms with Crippen molar-refractivity contribution in [3.63, 3.8) is 0 Å². The van der Waals surface area contributed by atoms with Gasteiger partial charge >= 0.3 is 5.97 Å². The SMILES string of the molecule is Cc1ccc(C=CC(=O)OCC(=O)Nc2ccccc2C)cc1. The first kappa shape index (κ1) is 16.5. The Hall–Kier alpha value is -2.88. The van der Waals surface area contributed by atoms with E-state index < -0.39 is 5.97 Å². The topological polar surface area (TPSA) is 55.4 Å². The fourth-order valence-corrected chi connectivity index (χ4v) is 1.93. The standard InChI is InChI=1S/C19H19NO3/c1-14-7-9-16(10-8-14)11-12-19(22)23-13-18(21)20-17-6-4-3-5-15(17)2/h3-12H,13H2,1-2H3,(H,20,21). The van der Waals surface area contributed by atoms with E-state index >= 15 is 0 Å². The van der Waals surface area contributed by atoms with Gasteiger partial charge in [0.15, 0.2) is 6.61 Å².